The van der Waals surface area contributed by atoms with Crippen molar-refractivity contribution in [1.82, 2.24) is 9.21 Å². The maximum atomic E-state index is 12.2. The summed E-state index contributed by atoms with van der Waals surface area (Å²) in [4.78, 5) is 2.43. The summed E-state index contributed by atoms with van der Waals surface area (Å²) in [5, 5.41) is 3.83. The third-order valence-electron chi connectivity index (χ3n) is 3.93. The average Bonchev–Trinajstić information content (AvgIpc) is 2.47. The van der Waals surface area contributed by atoms with Crippen molar-refractivity contribution in [3.8, 4) is 0 Å². The van der Waals surface area contributed by atoms with Crippen LogP contribution >= 0.6 is 12.2 Å². The molecule has 0 aliphatic carbocycles. The van der Waals surface area contributed by atoms with Crippen LogP contribution in [0, 0.1) is 0 Å². The van der Waals surface area contributed by atoms with Gasteiger partial charge in [0.15, 0.2) is 5.11 Å². The molecule has 0 spiro atoms. The van der Waals surface area contributed by atoms with Gasteiger partial charge in [-0.15, -0.1) is 0 Å². The molecule has 1 aromatic rings. The third-order valence-corrected chi connectivity index (χ3v) is 6.08. The first-order valence-electron chi connectivity index (χ1n) is 7.42. The molecule has 0 amide bonds. The van der Waals surface area contributed by atoms with Crippen molar-refractivity contribution in [3.63, 3.8) is 0 Å². The Hall–Kier alpha value is -1.18. The Balaban J connectivity index is 2.15. The molecule has 0 radical (unpaired) electrons. The molecule has 7 heteroatoms. The number of hydrogen-bond acceptors (Lipinski definition) is 3. The summed E-state index contributed by atoms with van der Waals surface area (Å²) in [6.07, 6.45) is 3.51. The van der Waals surface area contributed by atoms with Gasteiger partial charge in [0.25, 0.3) is 0 Å². The summed E-state index contributed by atoms with van der Waals surface area (Å²) in [5.41, 5.74) is 0.700. The molecular formula is C15H23N3O2S2. The third kappa shape index (κ3) is 3.77. The summed E-state index contributed by atoms with van der Waals surface area (Å²) in [6.45, 7) is 3.11. The van der Waals surface area contributed by atoms with Crippen LogP contribution in [0.15, 0.2) is 29.2 Å². The number of benzene rings is 1. The molecule has 1 aromatic carbocycles. The van der Waals surface area contributed by atoms with E-state index in [0.29, 0.717) is 16.8 Å². The summed E-state index contributed by atoms with van der Waals surface area (Å²) < 4.78 is 25.6. The number of anilines is 1. The molecule has 0 saturated carbocycles. The van der Waals surface area contributed by atoms with Gasteiger partial charge >= 0.3 is 0 Å². The van der Waals surface area contributed by atoms with Gasteiger partial charge < -0.3 is 10.2 Å². The van der Waals surface area contributed by atoms with E-state index in [1.54, 1.807) is 18.2 Å². The van der Waals surface area contributed by atoms with E-state index >= 15 is 0 Å². The van der Waals surface area contributed by atoms with Crippen molar-refractivity contribution in [2.45, 2.75) is 37.1 Å². The minimum absolute atomic E-state index is 0.261. The lowest BCUT2D eigenvalue weighted by Gasteiger charge is -2.35. The Morgan fingerprint density at radius 3 is 2.73 bits per heavy atom. The fourth-order valence-electron chi connectivity index (χ4n) is 2.54. The molecule has 2 rings (SSSR count). The van der Waals surface area contributed by atoms with E-state index in [4.69, 9.17) is 12.2 Å². The number of thiocarbonyl (C=S) groups is 1. The van der Waals surface area contributed by atoms with Gasteiger partial charge in [-0.2, -0.15) is 0 Å². The number of rotatable bonds is 3. The Kier molecular flexibility index (Phi) is 5.41. The highest BCUT2D eigenvalue weighted by atomic mass is 32.2. The Labute approximate surface area is 138 Å². The van der Waals surface area contributed by atoms with E-state index in [-0.39, 0.29) is 4.90 Å². The highest BCUT2D eigenvalue weighted by Crippen LogP contribution is 2.21. The Bertz CT molecular complexity index is 644. The Morgan fingerprint density at radius 1 is 1.36 bits per heavy atom. The number of nitrogens with zero attached hydrogens (tertiary/aromatic N) is 2. The van der Waals surface area contributed by atoms with Crippen LogP contribution in [0.25, 0.3) is 0 Å². The molecular weight excluding hydrogens is 318 g/mol. The summed E-state index contributed by atoms with van der Waals surface area (Å²) >= 11 is 5.48. The van der Waals surface area contributed by atoms with Gasteiger partial charge in [-0.05, 0) is 56.6 Å². The van der Waals surface area contributed by atoms with E-state index in [1.165, 1.54) is 24.8 Å². The zero-order chi connectivity index (χ0) is 16.3. The molecule has 1 saturated heterocycles. The SMILES string of the molecule is C[C@@H]1CCCCN1C(=S)Nc1cccc(S(=O)(=O)N(C)C)c1. The molecule has 122 valence electrons. The molecule has 1 aliphatic rings. The van der Waals surface area contributed by atoms with Crippen LogP contribution in [-0.4, -0.2) is 49.4 Å². The van der Waals surface area contributed by atoms with Gasteiger partial charge in [0.1, 0.15) is 0 Å². The van der Waals surface area contributed by atoms with Gasteiger partial charge in [-0.3, -0.25) is 0 Å². The number of hydrogen-bond donors (Lipinski definition) is 1. The molecule has 1 fully saturated rings. The zero-order valence-electron chi connectivity index (χ0n) is 13.2. The molecule has 1 heterocycles. The van der Waals surface area contributed by atoms with Crippen LogP contribution in [0.1, 0.15) is 26.2 Å². The lowest BCUT2D eigenvalue weighted by Crippen LogP contribution is -2.44. The van der Waals surface area contributed by atoms with Gasteiger partial charge in [-0.1, -0.05) is 6.07 Å². The molecule has 0 aromatic heterocycles. The molecule has 5 nitrogen and oxygen atoms in total. The van der Waals surface area contributed by atoms with E-state index in [1.807, 2.05) is 6.07 Å². The monoisotopic (exact) mass is 341 g/mol. The second kappa shape index (κ2) is 6.93. The van der Waals surface area contributed by atoms with Crippen molar-refractivity contribution in [3.05, 3.63) is 24.3 Å². The zero-order valence-corrected chi connectivity index (χ0v) is 14.9. The summed E-state index contributed by atoms with van der Waals surface area (Å²) in [6, 6.07) is 7.18. The lowest BCUT2D eigenvalue weighted by molar-refractivity contribution is 0.262. The van der Waals surface area contributed by atoms with Crippen LogP contribution in [0.5, 0.6) is 0 Å². The van der Waals surface area contributed by atoms with Crippen molar-refractivity contribution in [2.24, 2.45) is 0 Å². The van der Waals surface area contributed by atoms with E-state index in [2.05, 4.69) is 17.1 Å². The van der Waals surface area contributed by atoms with Crippen molar-refractivity contribution in [2.75, 3.05) is 26.0 Å². The predicted octanol–water partition coefficient (Wildman–Crippen LogP) is 2.51. The number of sulfonamides is 1. The van der Waals surface area contributed by atoms with Crippen LogP contribution in [-0.2, 0) is 10.0 Å². The molecule has 1 aliphatic heterocycles. The summed E-state index contributed by atoms with van der Waals surface area (Å²) in [7, 11) is -0.388. The Morgan fingerprint density at radius 2 is 2.09 bits per heavy atom. The molecule has 22 heavy (non-hydrogen) atoms. The van der Waals surface area contributed by atoms with Crippen molar-refractivity contribution >= 4 is 33.0 Å². The fraction of sp³-hybridized carbons (Fsp3) is 0.533. The highest BCUT2D eigenvalue weighted by molar-refractivity contribution is 7.89. The largest absolute Gasteiger partial charge is 0.346 e. The number of likely N-dealkylation sites (tertiary alicyclic amines) is 1. The summed E-state index contributed by atoms with van der Waals surface area (Å²) in [5.74, 6) is 0. The van der Waals surface area contributed by atoms with Gasteiger partial charge in [0.05, 0.1) is 4.90 Å². The molecule has 0 unspecified atom stereocenters. The van der Waals surface area contributed by atoms with Gasteiger partial charge in [-0.25, -0.2) is 12.7 Å². The quantitative estimate of drug-likeness (QED) is 0.856. The minimum atomic E-state index is -3.43. The standard InChI is InChI=1S/C15H23N3O2S2/c1-12-7-4-5-10-18(12)15(21)16-13-8-6-9-14(11-13)22(19,20)17(2)3/h6,8-9,11-12H,4-5,7,10H2,1-3H3,(H,16,21)/t12-/m1/s1. The molecule has 0 bridgehead atoms. The fourth-order valence-corrected chi connectivity index (χ4v) is 3.88. The second-order valence-electron chi connectivity index (χ2n) is 5.78. The minimum Gasteiger partial charge on any atom is -0.346 e. The van der Waals surface area contributed by atoms with Crippen LogP contribution in [0.2, 0.25) is 0 Å². The first-order valence-corrected chi connectivity index (χ1v) is 9.27. The molecule has 1 atom stereocenters. The second-order valence-corrected chi connectivity index (χ2v) is 8.32. The number of piperidine rings is 1. The van der Waals surface area contributed by atoms with Crippen molar-refractivity contribution in [1.29, 1.82) is 0 Å². The topological polar surface area (TPSA) is 52.7 Å². The highest BCUT2D eigenvalue weighted by Gasteiger charge is 2.21. The van der Waals surface area contributed by atoms with Gasteiger partial charge in [0.2, 0.25) is 10.0 Å². The van der Waals surface area contributed by atoms with Gasteiger partial charge in [0, 0.05) is 32.4 Å². The first-order chi connectivity index (χ1) is 10.3. The average molecular weight is 342 g/mol. The smallest absolute Gasteiger partial charge is 0.242 e. The van der Waals surface area contributed by atoms with E-state index < -0.39 is 10.0 Å². The van der Waals surface area contributed by atoms with Crippen LogP contribution in [0.4, 0.5) is 5.69 Å². The van der Waals surface area contributed by atoms with Crippen LogP contribution < -0.4 is 5.32 Å². The van der Waals surface area contributed by atoms with E-state index in [9.17, 15) is 8.42 Å². The maximum absolute atomic E-state index is 12.2. The number of nitrogens with one attached hydrogen (secondary N) is 1. The predicted molar refractivity (Wildman–Crippen MR) is 93.6 cm³/mol. The first kappa shape index (κ1) is 17.2. The lowest BCUT2D eigenvalue weighted by atomic mass is 10.0. The normalized spacial score (nSPS) is 19.3. The van der Waals surface area contributed by atoms with Crippen molar-refractivity contribution < 1.29 is 8.42 Å². The molecule has 1 N–H and O–H groups in total. The van der Waals surface area contributed by atoms with E-state index in [0.717, 1.165) is 19.4 Å². The maximum Gasteiger partial charge on any atom is 0.242 e. The van der Waals surface area contributed by atoms with Crippen LogP contribution in [0.3, 0.4) is 0 Å².